The Morgan fingerprint density at radius 3 is 2.75 bits per heavy atom. The van der Waals surface area contributed by atoms with E-state index in [1.165, 1.54) is 7.05 Å². The molecule has 0 aliphatic heterocycles. The Morgan fingerprint density at radius 1 is 1.45 bits per heavy atom. The number of aromatic nitrogens is 1. The first-order valence-corrected chi connectivity index (χ1v) is 6.20. The first-order chi connectivity index (χ1) is 9.54. The predicted octanol–water partition coefficient (Wildman–Crippen LogP) is 2.03. The van der Waals surface area contributed by atoms with Crippen molar-refractivity contribution in [2.75, 3.05) is 12.1 Å². The van der Waals surface area contributed by atoms with Crippen molar-refractivity contribution >= 4 is 12.1 Å². The van der Waals surface area contributed by atoms with E-state index >= 15 is 0 Å². The number of hydrogen-bond donors (Lipinski definition) is 2. The second-order valence-electron chi connectivity index (χ2n) is 4.57. The van der Waals surface area contributed by atoms with Crippen molar-refractivity contribution in [3.8, 4) is 11.1 Å². The van der Waals surface area contributed by atoms with E-state index in [4.69, 9.17) is 4.52 Å². The molecular weight excluding hydrogens is 258 g/mol. The first-order valence-electron chi connectivity index (χ1n) is 6.20. The number of hydroxylamine groups is 1. The summed E-state index contributed by atoms with van der Waals surface area (Å²) in [6.07, 6.45) is 0.629. The molecule has 0 bridgehead atoms. The second-order valence-corrected chi connectivity index (χ2v) is 4.57. The third kappa shape index (κ3) is 2.65. The van der Waals surface area contributed by atoms with Crippen molar-refractivity contribution in [1.29, 1.82) is 0 Å². The Kier molecular flexibility index (Phi) is 4.05. The van der Waals surface area contributed by atoms with Gasteiger partial charge in [0.2, 0.25) is 6.41 Å². The largest absolute Gasteiger partial charge is 0.361 e. The lowest BCUT2D eigenvalue weighted by Gasteiger charge is -2.16. The van der Waals surface area contributed by atoms with Crippen molar-refractivity contribution in [3.05, 3.63) is 35.2 Å². The molecule has 1 aromatic heterocycles. The SMILES string of the molecule is Cc1noc(C)c1-c1ccc(N(C)O)c(CNC=O)c1. The summed E-state index contributed by atoms with van der Waals surface area (Å²) in [5, 5.41) is 17.2. The lowest BCUT2D eigenvalue weighted by molar-refractivity contribution is -0.109. The third-order valence-corrected chi connectivity index (χ3v) is 3.13. The summed E-state index contributed by atoms with van der Waals surface area (Å²) in [4.78, 5) is 10.5. The highest BCUT2D eigenvalue weighted by Crippen LogP contribution is 2.30. The monoisotopic (exact) mass is 275 g/mol. The van der Waals surface area contributed by atoms with Gasteiger partial charge < -0.3 is 9.84 Å². The van der Waals surface area contributed by atoms with Gasteiger partial charge in [0.1, 0.15) is 5.76 Å². The molecule has 0 saturated heterocycles. The fourth-order valence-electron chi connectivity index (χ4n) is 2.25. The average molecular weight is 275 g/mol. The highest BCUT2D eigenvalue weighted by atomic mass is 16.5. The number of carbonyl (C=O) groups excluding carboxylic acids is 1. The summed E-state index contributed by atoms with van der Waals surface area (Å²) in [5.41, 5.74) is 4.12. The number of rotatable bonds is 5. The number of carbonyl (C=O) groups is 1. The molecule has 0 fully saturated rings. The number of amides is 1. The lowest BCUT2D eigenvalue weighted by atomic mass is 10.0. The average Bonchev–Trinajstić information content (AvgIpc) is 2.75. The summed E-state index contributed by atoms with van der Waals surface area (Å²) in [7, 11) is 1.54. The van der Waals surface area contributed by atoms with E-state index in [1.807, 2.05) is 26.0 Å². The summed E-state index contributed by atoms with van der Waals surface area (Å²) in [6, 6.07) is 5.59. The van der Waals surface area contributed by atoms with E-state index < -0.39 is 0 Å². The molecule has 0 atom stereocenters. The van der Waals surface area contributed by atoms with Crippen LogP contribution in [0.2, 0.25) is 0 Å². The molecule has 2 aromatic rings. The lowest BCUT2D eigenvalue weighted by Crippen LogP contribution is -2.16. The van der Waals surface area contributed by atoms with Crippen molar-refractivity contribution in [3.63, 3.8) is 0 Å². The van der Waals surface area contributed by atoms with E-state index in [2.05, 4.69) is 10.5 Å². The van der Waals surface area contributed by atoms with Crippen LogP contribution in [0, 0.1) is 13.8 Å². The Morgan fingerprint density at radius 2 is 2.20 bits per heavy atom. The number of anilines is 1. The minimum atomic E-state index is 0.334. The van der Waals surface area contributed by atoms with Gasteiger partial charge in [0, 0.05) is 19.2 Å². The highest BCUT2D eigenvalue weighted by Gasteiger charge is 2.14. The Hall–Kier alpha value is -2.34. The Bertz CT molecular complexity index is 601. The predicted molar refractivity (Wildman–Crippen MR) is 74.5 cm³/mol. The molecule has 0 aliphatic carbocycles. The molecule has 1 amide bonds. The molecule has 20 heavy (non-hydrogen) atoms. The molecule has 2 N–H and O–H groups in total. The Balaban J connectivity index is 2.49. The maximum absolute atomic E-state index is 10.5. The Labute approximate surface area is 116 Å². The number of benzene rings is 1. The van der Waals surface area contributed by atoms with E-state index in [9.17, 15) is 10.0 Å². The van der Waals surface area contributed by atoms with Crippen molar-refractivity contribution < 1.29 is 14.5 Å². The molecule has 0 saturated carbocycles. The van der Waals surface area contributed by atoms with Crippen molar-refractivity contribution in [2.24, 2.45) is 0 Å². The summed E-state index contributed by atoms with van der Waals surface area (Å²) < 4.78 is 5.17. The summed E-state index contributed by atoms with van der Waals surface area (Å²) in [6.45, 7) is 4.06. The van der Waals surface area contributed by atoms with Gasteiger partial charge in [-0.05, 0) is 37.1 Å². The van der Waals surface area contributed by atoms with Gasteiger partial charge in [0.05, 0.1) is 11.4 Å². The maximum atomic E-state index is 10.5. The number of nitrogens with zero attached hydrogens (tertiary/aromatic N) is 2. The zero-order valence-corrected chi connectivity index (χ0v) is 11.7. The van der Waals surface area contributed by atoms with Crippen LogP contribution in [-0.4, -0.2) is 23.8 Å². The minimum absolute atomic E-state index is 0.334. The van der Waals surface area contributed by atoms with Crippen LogP contribution < -0.4 is 10.4 Å². The van der Waals surface area contributed by atoms with E-state index in [0.717, 1.165) is 33.2 Å². The molecule has 1 heterocycles. The molecule has 0 spiro atoms. The molecule has 2 rings (SSSR count). The van der Waals surface area contributed by atoms with Crippen LogP contribution in [0.3, 0.4) is 0 Å². The van der Waals surface area contributed by atoms with Gasteiger partial charge in [-0.15, -0.1) is 0 Å². The molecule has 6 heteroatoms. The van der Waals surface area contributed by atoms with Gasteiger partial charge in [-0.2, -0.15) is 0 Å². The topological polar surface area (TPSA) is 78.6 Å². The fraction of sp³-hybridized carbons (Fsp3) is 0.286. The minimum Gasteiger partial charge on any atom is -0.361 e. The molecule has 0 unspecified atom stereocenters. The normalized spacial score (nSPS) is 10.4. The highest BCUT2D eigenvalue weighted by molar-refractivity contribution is 5.71. The van der Waals surface area contributed by atoms with Crippen LogP contribution in [0.4, 0.5) is 5.69 Å². The van der Waals surface area contributed by atoms with E-state index in [-0.39, 0.29) is 0 Å². The van der Waals surface area contributed by atoms with Gasteiger partial charge >= 0.3 is 0 Å². The first kappa shape index (κ1) is 14.1. The zero-order valence-electron chi connectivity index (χ0n) is 11.7. The van der Waals surface area contributed by atoms with Crippen molar-refractivity contribution in [2.45, 2.75) is 20.4 Å². The van der Waals surface area contributed by atoms with Gasteiger partial charge in [-0.25, -0.2) is 0 Å². The fourth-order valence-corrected chi connectivity index (χ4v) is 2.25. The van der Waals surface area contributed by atoms with Crippen LogP contribution in [0.1, 0.15) is 17.0 Å². The number of hydrogen-bond acceptors (Lipinski definition) is 5. The molecular formula is C14H17N3O3. The smallest absolute Gasteiger partial charge is 0.207 e. The standard InChI is InChI=1S/C14H17N3O3/c1-9-14(10(2)20-16-9)11-4-5-13(17(3)19)12(6-11)7-15-8-18/h4-6,8,19H,7H2,1-3H3,(H,15,18). The maximum Gasteiger partial charge on any atom is 0.207 e. The van der Waals surface area contributed by atoms with Gasteiger partial charge in [0.25, 0.3) is 0 Å². The van der Waals surface area contributed by atoms with Crippen LogP contribution in [0.25, 0.3) is 11.1 Å². The second kappa shape index (κ2) is 5.75. The molecule has 0 radical (unpaired) electrons. The van der Waals surface area contributed by atoms with Gasteiger partial charge in [0.15, 0.2) is 0 Å². The van der Waals surface area contributed by atoms with Crippen LogP contribution in [0.15, 0.2) is 22.7 Å². The number of nitrogens with one attached hydrogen (secondary N) is 1. The zero-order chi connectivity index (χ0) is 14.7. The summed E-state index contributed by atoms with van der Waals surface area (Å²) in [5.74, 6) is 0.738. The van der Waals surface area contributed by atoms with Crippen molar-refractivity contribution in [1.82, 2.24) is 10.5 Å². The van der Waals surface area contributed by atoms with Gasteiger partial charge in [-0.3, -0.25) is 15.1 Å². The van der Waals surface area contributed by atoms with Gasteiger partial charge in [-0.1, -0.05) is 11.2 Å². The molecule has 106 valence electrons. The van der Waals surface area contributed by atoms with Crippen LogP contribution in [-0.2, 0) is 11.3 Å². The van der Waals surface area contributed by atoms with Crippen LogP contribution in [0.5, 0.6) is 0 Å². The third-order valence-electron chi connectivity index (χ3n) is 3.13. The molecule has 0 aliphatic rings. The van der Waals surface area contributed by atoms with Crippen LogP contribution >= 0.6 is 0 Å². The summed E-state index contributed by atoms with van der Waals surface area (Å²) >= 11 is 0. The molecule has 6 nitrogen and oxygen atoms in total. The van der Waals surface area contributed by atoms with E-state index in [0.29, 0.717) is 18.6 Å². The molecule has 1 aromatic carbocycles. The quantitative estimate of drug-likeness (QED) is 0.645. The number of aryl methyl sites for hydroxylation is 2. The van der Waals surface area contributed by atoms with E-state index in [1.54, 1.807) is 6.07 Å².